The van der Waals surface area contributed by atoms with E-state index in [1.807, 2.05) is 6.26 Å². The van der Waals surface area contributed by atoms with Crippen LogP contribution in [-0.2, 0) is 4.79 Å². The Morgan fingerprint density at radius 3 is 2.93 bits per heavy atom. The van der Waals surface area contributed by atoms with E-state index in [4.69, 9.17) is 5.73 Å². The average Bonchev–Trinajstić information content (AvgIpc) is 2.12. The van der Waals surface area contributed by atoms with Crippen molar-refractivity contribution in [2.24, 2.45) is 0 Å². The minimum Gasteiger partial charge on any atom is -0.398 e. The van der Waals surface area contributed by atoms with Gasteiger partial charge in [-0.2, -0.15) is 11.8 Å². The molecule has 5 heteroatoms. The number of nitrogens with two attached hydrogens (primary N) is 1. The largest absolute Gasteiger partial charge is 0.398 e. The van der Waals surface area contributed by atoms with Gasteiger partial charge in [-0.15, -0.1) is 0 Å². The normalized spacial score (nSPS) is 9.86. The third-order valence-corrected chi connectivity index (χ3v) is 2.80. The van der Waals surface area contributed by atoms with Crippen molar-refractivity contribution < 1.29 is 4.79 Å². The first-order valence-electron chi connectivity index (χ1n) is 3.97. The zero-order valence-electron chi connectivity index (χ0n) is 7.71. The summed E-state index contributed by atoms with van der Waals surface area (Å²) in [4.78, 5) is 11.2. The van der Waals surface area contributed by atoms with Crippen LogP contribution in [0.3, 0.4) is 0 Å². The maximum atomic E-state index is 11.2. The number of anilines is 2. The van der Waals surface area contributed by atoms with Crippen LogP contribution in [0.4, 0.5) is 11.4 Å². The van der Waals surface area contributed by atoms with Crippen molar-refractivity contribution in [2.45, 2.75) is 0 Å². The van der Waals surface area contributed by atoms with Crippen molar-refractivity contribution in [2.75, 3.05) is 23.1 Å². The van der Waals surface area contributed by atoms with Gasteiger partial charge in [0.05, 0.1) is 5.75 Å². The van der Waals surface area contributed by atoms with Gasteiger partial charge < -0.3 is 11.1 Å². The summed E-state index contributed by atoms with van der Waals surface area (Å²) in [5.41, 5.74) is 7.03. The van der Waals surface area contributed by atoms with Gasteiger partial charge in [-0.05, 0) is 40.4 Å². The topological polar surface area (TPSA) is 55.1 Å². The summed E-state index contributed by atoms with van der Waals surface area (Å²) >= 11 is 4.78. The van der Waals surface area contributed by atoms with Crippen LogP contribution >= 0.6 is 27.7 Å². The van der Waals surface area contributed by atoms with Gasteiger partial charge in [0, 0.05) is 15.8 Å². The van der Waals surface area contributed by atoms with Gasteiger partial charge in [-0.3, -0.25) is 4.79 Å². The zero-order valence-corrected chi connectivity index (χ0v) is 10.1. The highest BCUT2D eigenvalue weighted by Crippen LogP contribution is 2.23. The third-order valence-electron chi connectivity index (χ3n) is 1.56. The second kappa shape index (κ2) is 5.26. The van der Waals surface area contributed by atoms with Crippen molar-refractivity contribution >= 4 is 45.0 Å². The second-order valence-electron chi connectivity index (χ2n) is 2.72. The van der Waals surface area contributed by atoms with Gasteiger partial charge in [0.2, 0.25) is 5.91 Å². The van der Waals surface area contributed by atoms with Crippen molar-refractivity contribution in [3.8, 4) is 0 Å². The monoisotopic (exact) mass is 274 g/mol. The fourth-order valence-corrected chi connectivity index (χ4v) is 1.65. The highest BCUT2D eigenvalue weighted by molar-refractivity contribution is 9.10. The Kier molecular flexibility index (Phi) is 4.28. The molecule has 0 aliphatic heterocycles. The predicted molar refractivity (Wildman–Crippen MR) is 65.6 cm³/mol. The van der Waals surface area contributed by atoms with Gasteiger partial charge in [0.1, 0.15) is 0 Å². The molecular weight excluding hydrogens is 264 g/mol. The van der Waals surface area contributed by atoms with E-state index in [0.717, 1.165) is 10.2 Å². The number of halogens is 1. The quantitative estimate of drug-likeness (QED) is 0.832. The number of amides is 1. The summed E-state index contributed by atoms with van der Waals surface area (Å²) in [7, 11) is 0. The lowest BCUT2D eigenvalue weighted by Crippen LogP contribution is -2.13. The Morgan fingerprint density at radius 2 is 2.36 bits per heavy atom. The zero-order chi connectivity index (χ0) is 10.6. The minimum absolute atomic E-state index is 0.00540. The molecule has 0 fully saturated rings. The van der Waals surface area contributed by atoms with Crippen molar-refractivity contribution in [1.82, 2.24) is 0 Å². The maximum absolute atomic E-state index is 11.2. The molecule has 0 unspecified atom stereocenters. The number of nitrogens with one attached hydrogen (secondary N) is 1. The molecule has 3 N–H and O–H groups in total. The summed E-state index contributed by atoms with van der Waals surface area (Å²) in [6.07, 6.45) is 1.89. The van der Waals surface area contributed by atoms with Crippen molar-refractivity contribution in [1.29, 1.82) is 0 Å². The molecule has 0 bridgehead atoms. The molecule has 1 amide bonds. The van der Waals surface area contributed by atoms with Crippen LogP contribution in [0.5, 0.6) is 0 Å². The first-order valence-corrected chi connectivity index (χ1v) is 6.16. The Hall–Kier alpha value is -0.680. The van der Waals surface area contributed by atoms with Crippen molar-refractivity contribution in [3.05, 3.63) is 22.7 Å². The molecule has 0 aromatic heterocycles. The second-order valence-corrected chi connectivity index (χ2v) is 4.44. The summed E-state index contributed by atoms with van der Waals surface area (Å²) in [5.74, 6) is 0.455. The number of carbonyl (C=O) groups excluding carboxylic acids is 1. The number of nitrogen functional groups attached to an aromatic ring is 1. The van der Waals surface area contributed by atoms with Crippen LogP contribution < -0.4 is 11.1 Å². The van der Waals surface area contributed by atoms with Crippen LogP contribution in [-0.4, -0.2) is 17.9 Å². The number of hydrogen-bond acceptors (Lipinski definition) is 3. The van der Waals surface area contributed by atoms with Crippen LogP contribution in [0, 0.1) is 0 Å². The average molecular weight is 275 g/mol. The SMILES string of the molecule is CSCC(=O)Nc1ccc(N)c(Br)c1. The Morgan fingerprint density at radius 1 is 1.64 bits per heavy atom. The van der Waals surface area contributed by atoms with Crippen LogP contribution in [0.2, 0.25) is 0 Å². The van der Waals surface area contributed by atoms with E-state index >= 15 is 0 Å². The van der Waals surface area contributed by atoms with Crippen LogP contribution in [0.15, 0.2) is 22.7 Å². The highest BCUT2D eigenvalue weighted by atomic mass is 79.9. The molecule has 0 spiro atoms. The van der Waals surface area contributed by atoms with E-state index in [2.05, 4.69) is 21.2 Å². The molecule has 14 heavy (non-hydrogen) atoms. The molecule has 0 saturated carbocycles. The summed E-state index contributed by atoms with van der Waals surface area (Å²) < 4.78 is 0.791. The molecule has 0 heterocycles. The standard InChI is InChI=1S/C9H11BrN2OS/c1-14-5-9(13)12-6-2-3-8(11)7(10)4-6/h2-4H,5,11H2,1H3,(H,12,13). The molecule has 1 aromatic rings. The first-order chi connectivity index (χ1) is 6.63. The predicted octanol–water partition coefficient (Wildman–Crippen LogP) is 2.33. The van der Waals surface area contributed by atoms with Gasteiger partial charge in [-0.1, -0.05) is 0 Å². The van der Waals surface area contributed by atoms with Crippen LogP contribution in [0.1, 0.15) is 0 Å². The number of hydrogen-bond donors (Lipinski definition) is 2. The fraction of sp³-hybridized carbons (Fsp3) is 0.222. The van der Waals surface area contributed by atoms with Gasteiger partial charge in [0.15, 0.2) is 0 Å². The molecule has 1 rings (SSSR count). The summed E-state index contributed by atoms with van der Waals surface area (Å²) in [5, 5.41) is 2.77. The van der Waals surface area contributed by atoms with E-state index in [9.17, 15) is 4.79 Å². The molecule has 76 valence electrons. The molecular formula is C9H11BrN2OS. The van der Waals surface area contributed by atoms with Crippen molar-refractivity contribution in [3.63, 3.8) is 0 Å². The van der Waals surface area contributed by atoms with E-state index in [1.54, 1.807) is 18.2 Å². The smallest absolute Gasteiger partial charge is 0.234 e. The summed E-state index contributed by atoms with van der Waals surface area (Å²) in [6, 6.07) is 5.31. The Labute approximate surface area is 95.6 Å². The number of benzene rings is 1. The summed E-state index contributed by atoms with van der Waals surface area (Å²) in [6.45, 7) is 0. The molecule has 0 atom stereocenters. The number of thioether (sulfide) groups is 1. The van der Waals surface area contributed by atoms with E-state index in [1.165, 1.54) is 11.8 Å². The lowest BCUT2D eigenvalue weighted by Gasteiger charge is -2.05. The number of carbonyl (C=O) groups is 1. The van der Waals surface area contributed by atoms with Crippen LogP contribution in [0.25, 0.3) is 0 Å². The first kappa shape index (κ1) is 11.4. The molecule has 0 saturated heterocycles. The molecule has 0 radical (unpaired) electrons. The Bertz CT molecular complexity index is 344. The minimum atomic E-state index is -0.00540. The molecule has 0 aliphatic rings. The van der Waals surface area contributed by atoms with E-state index in [-0.39, 0.29) is 5.91 Å². The fourth-order valence-electron chi connectivity index (χ4n) is 0.933. The number of rotatable bonds is 3. The Balaban J connectivity index is 2.68. The van der Waals surface area contributed by atoms with Gasteiger partial charge in [0.25, 0.3) is 0 Å². The molecule has 1 aromatic carbocycles. The molecule has 3 nitrogen and oxygen atoms in total. The van der Waals surface area contributed by atoms with Gasteiger partial charge >= 0.3 is 0 Å². The van der Waals surface area contributed by atoms with E-state index in [0.29, 0.717) is 11.4 Å². The highest BCUT2D eigenvalue weighted by Gasteiger charge is 2.02. The lowest BCUT2D eigenvalue weighted by molar-refractivity contribution is -0.113. The lowest BCUT2D eigenvalue weighted by atomic mass is 10.3. The third kappa shape index (κ3) is 3.23. The molecule has 0 aliphatic carbocycles. The van der Waals surface area contributed by atoms with E-state index < -0.39 is 0 Å². The van der Waals surface area contributed by atoms with Gasteiger partial charge in [-0.25, -0.2) is 0 Å². The maximum Gasteiger partial charge on any atom is 0.234 e.